The van der Waals surface area contributed by atoms with Crippen LogP contribution in [0.5, 0.6) is 17.2 Å². The van der Waals surface area contributed by atoms with Crippen molar-refractivity contribution >= 4 is 23.3 Å². The van der Waals surface area contributed by atoms with E-state index in [4.69, 9.17) is 14.2 Å². The Balaban J connectivity index is 0.00000204. The zero-order chi connectivity index (χ0) is 33.0. The molecule has 46 heavy (non-hydrogen) atoms. The molecular weight excluding hydrogens is 586 g/mol. The number of aromatic nitrogens is 2. The molecule has 2 aromatic carbocycles. The largest absolute Gasteiger partial charge is 0.496 e. The fourth-order valence-corrected chi connectivity index (χ4v) is 6.52. The van der Waals surface area contributed by atoms with Gasteiger partial charge in [-0.15, -0.1) is 0 Å². The second kappa shape index (κ2) is 13.8. The zero-order valence-electron chi connectivity index (χ0n) is 27.8. The summed E-state index contributed by atoms with van der Waals surface area (Å²) in [7, 11) is 3.42. The van der Waals surface area contributed by atoms with Crippen molar-refractivity contribution in [2.75, 3.05) is 57.9 Å². The molecule has 11 heteroatoms. The molecule has 1 spiro atoms. The number of ketones is 1. The summed E-state index contributed by atoms with van der Waals surface area (Å²) in [5.41, 5.74) is 3.02. The number of likely N-dealkylation sites (tertiary alicyclic amines) is 1. The topological polar surface area (TPSA) is 106 Å². The van der Waals surface area contributed by atoms with Crippen LogP contribution in [0.2, 0.25) is 0 Å². The summed E-state index contributed by atoms with van der Waals surface area (Å²) >= 11 is 0. The molecule has 1 aromatic heterocycles. The summed E-state index contributed by atoms with van der Waals surface area (Å²) in [6.45, 7) is 11.7. The Kier molecular flexibility index (Phi) is 9.88. The molecule has 0 aliphatic carbocycles. The van der Waals surface area contributed by atoms with Gasteiger partial charge in [-0.2, -0.15) is 5.10 Å². The number of fused-ring (bicyclic) bond motifs is 1. The summed E-state index contributed by atoms with van der Waals surface area (Å²) in [5, 5.41) is 4.28. The number of Topliss-reactive ketones (excluding diaryl/α,β-unsaturated/α-hetero) is 1. The number of piperazine rings is 1. The predicted octanol–water partition coefficient (Wildman–Crippen LogP) is 4.83. The van der Waals surface area contributed by atoms with Gasteiger partial charge < -0.3 is 28.9 Å². The molecule has 4 heterocycles. The maximum absolute atomic E-state index is 13.7. The minimum atomic E-state index is -0.631. The summed E-state index contributed by atoms with van der Waals surface area (Å²) in [6.07, 6.45) is 5.02. The van der Waals surface area contributed by atoms with Crippen molar-refractivity contribution in [1.82, 2.24) is 19.6 Å². The van der Waals surface area contributed by atoms with Gasteiger partial charge in [-0.3, -0.25) is 19.1 Å². The van der Waals surface area contributed by atoms with Gasteiger partial charge in [-0.1, -0.05) is 13.8 Å². The van der Waals surface area contributed by atoms with Crippen LogP contribution < -0.4 is 19.1 Å². The molecule has 2 fully saturated rings. The van der Waals surface area contributed by atoms with E-state index in [-0.39, 0.29) is 24.0 Å². The molecule has 3 aromatic rings. The van der Waals surface area contributed by atoms with Crippen LogP contribution >= 0.6 is 0 Å². The molecule has 0 N–H and O–H groups in total. The van der Waals surface area contributed by atoms with Crippen LogP contribution in [0.25, 0.3) is 11.1 Å². The lowest BCUT2D eigenvalue weighted by Gasteiger charge is -2.44. The molecule has 2 saturated heterocycles. The number of ether oxygens (including phenoxy) is 3. The van der Waals surface area contributed by atoms with E-state index in [9.17, 15) is 14.4 Å². The van der Waals surface area contributed by atoms with Crippen LogP contribution in [-0.2, 0) is 11.8 Å². The van der Waals surface area contributed by atoms with E-state index >= 15 is 0 Å². The van der Waals surface area contributed by atoms with Gasteiger partial charge >= 0.3 is 0 Å². The third-order valence-corrected chi connectivity index (χ3v) is 8.95. The fourth-order valence-electron chi connectivity index (χ4n) is 6.52. The third kappa shape index (κ3) is 6.54. The molecule has 0 bridgehead atoms. The maximum atomic E-state index is 13.7. The van der Waals surface area contributed by atoms with Crippen molar-refractivity contribution in [1.29, 1.82) is 0 Å². The maximum Gasteiger partial charge on any atom is 0.254 e. The predicted molar refractivity (Wildman–Crippen MR) is 176 cm³/mol. The number of aryl methyl sites for hydroxylation is 1. The minimum absolute atomic E-state index is 0.0623. The molecular formula is C35H45N5O6. The van der Waals surface area contributed by atoms with Crippen molar-refractivity contribution in [3.63, 3.8) is 0 Å². The Hall–Kier alpha value is -4.54. The number of carbonyl (C=O) groups excluding carboxylic acids is 3. The first kappa shape index (κ1) is 32.8. The lowest BCUT2D eigenvalue weighted by Crippen LogP contribution is -2.52. The summed E-state index contributed by atoms with van der Waals surface area (Å²) in [4.78, 5) is 44.7. The Morgan fingerprint density at radius 1 is 0.978 bits per heavy atom. The first-order valence-corrected chi connectivity index (χ1v) is 16.2. The molecule has 0 atom stereocenters. The fraction of sp³-hybridized carbons (Fsp3) is 0.486. The van der Waals surface area contributed by atoms with Crippen molar-refractivity contribution in [3.8, 4) is 28.4 Å². The van der Waals surface area contributed by atoms with Crippen LogP contribution in [0.4, 0.5) is 5.69 Å². The molecule has 2 amide bonds. The van der Waals surface area contributed by atoms with Crippen LogP contribution in [0.15, 0.2) is 42.7 Å². The normalized spacial score (nSPS) is 17.1. The first-order chi connectivity index (χ1) is 22.2. The van der Waals surface area contributed by atoms with Crippen LogP contribution in [-0.4, -0.2) is 95.8 Å². The number of hydrogen-bond acceptors (Lipinski definition) is 8. The van der Waals surface area contributed by atoms with E-state index in [1.54, 1.807) is 37.0 Å². The van der Waals surface area contributed by atoms with Crippen molar-refractivity contribution in [2.24, 2.45) is 7.05 Å². The number of piperidine rings is 1. The van der Waals surface area contributed by atoms with E-state index < -0.39 is 5.60 Å². The standard InChI is InChI=1S/C33H39N5O6.C2H6/c1-5-43-30-17-23(16-29(42-4)31(30)24-20-34-35(3)21-24)32(41)38-10-8-33(9-11-38)19-27(40)26-18-25(6-7-28(26)44-33)37-14-12-36(13-15-37)22(2)39;1-2/h6-7,16-18,20-21H,5,8-15,19H2,1-4H3;1-2H3. The molecule has 11 nitrogen and oxygen atoms in total. The number of amides is 2. The van der Waals surface area contributed by atoms with Gasteiger partial charge in [0.15, 0.2) is 5.78 Å². The summed E-state index contributed by atoms with van der Waals surface area (Å²) in [5.74, 6) is 1.74. The van der Waals surface area contributed by atoms with Crippen molar-refractivity contribution < 1.29 is 28.6 Å². The second-order valence-electron chi connectivity index (χ2n) is 11.7. The lowest BCUT2D eigenvalue weighted by atomic mass is 9.82. The van der Waals surface area contributed by atoms with Crippen molar-refractivity contribution in [3.05, 3.63) is 53.9 Å². The Labute approximate surface area is 271 Å². The Morgan fingerprint density at radius 2 is 1.67 bits per heavy atom. The van der Waals surface area contributed by atoms with Gasteiger partial charge in [0, 0.05) is 89.1 Å². The number of nitrogens with zero attached hydrogens (tertiary/aromatic N) is 5. The monoisotopic (exact) mass is 631 g/mol. The van der Waals surface area contributed by atoms with Crippen LogP contribution in [0, 0.1) is 0 Å². The van der Waals surface area contributed by atoms with E-state index in [2.05, 4.69) is 10.00 Å². The average molecular weight is 632 g/mol. The third-order valence-electron chi connectivity index (χ3n) is 8.95. The molecule has 0 unspecified atom stereocenters. The molecule has 0 radical (unpaired) electrons. The molecule has 3 aliphatic heterocycles. The number of carbonyl (C=O) groups is 3. The molecule has 246 valence electrons. The quantitative estimate of drug-likeness (QED) is 0.381. The number of hydrogen-bond donors (Lipinski definition) is 0. The lowest BCUT2D eigenvalue weighted by molar-refractivity contribution is -0.129. The van der Waals surface area contributed by atoms with Gasteiger partial charge in [-0.25, -0.2) is 0 Å². The average Bonchev–Trinajstić information content (AvgIpc) is 3.50. The zero-order valence-corrected chi connectivity index (χ0v) is 27.8. The minimum Gasteiger partial charge on any atom is -0.496 e. The highest BCUT2D eigenvalue weighted by molar-refractivity contribution is 6.01. The summed E-state index contributed by atoms with van der Waals surface area (Å²) < 4.78 is 19.9. The van der Waals surface area contributed by atoms with Crippen LogP contribution in [0.1, 0.15) is 67.7 Å². The Morgan fingerprint density at radius 3 is 2.28 bits per heavy atom. The molecule has 3 aliphatic rings. The summed E-state index contributed by atoms with van der Waals surface area (Å²) in [6, 6.07) is 9.34. The van der Waals surface area contributed by atoms with Gasteiger partial charge in [0.05, 0.1) is 37.5 Å². The number of methoxy groups -OCH3 is 1. The van der Waals surface area contributed by atoms with E-state index in [1.165, 1.54) is 0 Å². The molecule has 6 rings (SSSR count). The van der Waals surface area contributed by atoms with E-state index in [1.807, 2.05) is 62.0 Å². The van der Waals surface area contributed by atoms with Crippen molar-refractivity contribution in [2.45, 2.75) is 52.6 Å². The highest BCUT2D eigenvalue weighted by Crippen LogP contribution is 2.42. The smallest absolute Gasteiger partial charge is 0.254 e. The highest BCUT2D eigenvalue weighted by atomic mass is 16.5. The van der Waals surface area contributed by atoms with Gasteiger partial charge in [-0.05, 0) is 37.3 Å². The first-order valence-electron chi connectivity index (χ1n) is 16.2. The number of anilines is 1. The SMILES string of the molecule is CC.CCOc1cc(C(=O)N2CCC3(CC2)CC(=O)c2cc(N4CCN(C(C)=O)CC4)ccc2O3)cc(OC)c1-c1cnn(C)c1. The number of rotatable bonds is 6. The van der Waals surface area contributed by atoms with E-state index in [0.717, 1.165) is 29.9 Å². The van der Waals surface area contributed by atoms with Crippen LogP contribution in [0.3, 0.4) is 0 Å². The van der Waals surface area contributed by atoms with E-state index in [0.29, 0.717) is 74.0 Å². The van der Waals surface area contributed by atoms with Gasteiger partial charge in [0.25, 0.3) is 5.91 Å². The Bertz CT molecular complexity index is 1580. The number of benzene rings is 2. The second-order valence-corrected chi connectivity index (χ2v) is 11.7. The van der Waals surface area contributed by atoms with Gasteiger partial charge in [0.2, 0.25) is 5.91 Å². The van der Waals surface area contributed by atoms with Gasteiger partial charge in [0.1, 0.15) is 22.8 Å². The highest BCUT2D eigenvalue weighted by Gasteiger charge is 2.44. The molecule has 0 saturated carbocycles.